The third-order valence-corrected chi connectivity index (χ3v) is 11.9. The first-order valence-corrected chi connectivity index (χ1v) is 18.3. The lowest BCUT2D eigenvalue weighted by Gasteiger charge is -2.23. The van der Waals surface area contributed by atoms with Crippen LogP contribution in [0.5, 0.6) is 0 Å². The summed E-state index contributed by atoms with van der Waals surface area (Å²) >= 11 is 0. The number of imidazole rings is 1. The van der Waals surface area contributed by atoms with Gasteiger partial charge in [-0.1, -0.05) is 19.9 Å². The first kappa shape index (κ1) is 30.2. The van der Waals surface area contributed by atoms with Crippen LogP contribution >= 0.6 is 0 Å². The van der Waals surface area contributed by atoms with Crippen molar-refractivity contribution in [2.24, 2.45) is 11.8 Å². The smallest absolute Gasteiger partial charge is 0.250 e. The van der Waals surface area contributed by atoms with Crippen LogP contribution in [0.1, 0.15) is 80.0 Å². The number of sulfone groups is 1. The topological polar surface area (TPSA) is 137 Å². The maximum atomic E-state index is 14.1. The van der Waals surface area contributed by atoms with Crippen LogP contribution in [0.15, 0.2) is 52.2 Å². The summed E-state index contributed by atoms with van der Waals surface area (Å²) in [6, 6.07) is 8.20. The fourth-order valence-corrected chi connectivity index (χ4v) is 9.75. The molecular weight excluding hydrogens is 614 g/mol. The highest BCUT2D eigenvalue weighted by Gasteiger charge is 2.43. The van der Waals surface area contributed by atoms with E-state index in [9.17, 15) is 8.42 Å². The Morgan fingerprint density at radius 1 is 1.06 bits per heavy atom. The maximum Gasteiger partial charge on any atom is 0.250 e. The molecule has 11 nitrogen and oxygen atoms in total. The van der Waals surface area contributed by atoms with E-state index in [4.69, 9.17) is 19.1 Å². The van der Waals surface area contributed by atoms with Gasteiger partial charge in [0.05, 0.1) is 45.0 Å². The van der Waals surface area contributed by atoms with Crippen LogP contribution in [-0.4, -0.2) is 56.9 Å². The van der Waals surface area contributed by atoms with Crippen molar-refractivity contribution in [3.05, 3.63) is 71.4 Å². The number of hydrogen-bond donors (Lipinski definition) is 1. The number of nitrogens with zero attached hydrogens (tertiary/aromatic N) is 6. The molecule has 0 spiro atoms. The van der Waals surface area contributed by atoms with Gasteiger partial charge in [-0.15, -0.1) is 10.2 Å². The fraction of sp³-hybridized carbons (Fsp3) is 0.457. The Labute approximate surface area is 274 Å². The molecule has 8 rings (SSSR count). The molecular formula is C35H39N7O4S. The highest BCUT2D eigenvalue weighted by Crippen LogP contribution is 2.48. The van der Waals surface area contributed by atoms with Crippen molar-refractivity contribution in [2.75, 3.05) is 24.3 Å². The lowest BCUT2D eigenvalue weighted by molar-refractivity contribution is 0.0639. The van der Waals surface area contributed by atoms with Crippen molar-refractivity contribution in [3.8, 4) is 22.7 Å². The molecule has 0 unspecified atom stereocenters. The quantitative estimate of drug-likeness (QED) is 0.208. The summed E-state index contributed by atoms with van der Waals surface area (Å²) in [5.74, 6) is 1.05. The van der Waals surface area contributed by atoms with Gasteiger partial charge in [0.2, 0.25) is 11.8 Å². The number of aromatic nitrogens is 6. The molecule has 1 saturated heterocycles. The Morgan fingerprint density at radius 2 is 1.91 bits per heavy atom. The van der Waals surface area contributed by atoms with Crippen LogP contribution in [-0.2, 0) is 27.4 Å². The molecule has 7 heterocycles. The first-order chi connectivity index (χ1) is 22.8. The normalized spacial score (nSPS) is 20.6. The molecule has 3 aliphatic rings. The van der Waals surface area contributed by atoms with E-state index in [1.807, 2.05) is 41.2 Å². The third-order valence-electron chi connectivity index (χ3n) is 10.0. The zero-order chi connectivity index (χ0) is 32.3. The van der Waals surface area contributed by atoms with Crippen molar-refractivity contribution in [3.63, 3.8) is 0 Å². The monoisotopic (exact) mass is 653 g/mol. The Hall–Kier alpha value is -4.16. The van der Waals surface area contributed by atoms with E-state index in [0.29, 0.717) is 46.4 Å². The number of ether oxygens (including phenoxy) is 1. The molecule has 244 valence electrons. The van der Waals surface area contributed by atoms with E-state index >= 15 is 0 Å². The number of fused-ring (bicyclic) bond motifs is 3. The second kappa shape index (κ2) is 11.8. The lowest BCUT2D eigenvalue weighted by atomic mass is 9.89. The molecule has 1 fully saturated rings. The Morgan fingerprint density at radius 3 is 2.70 bits per heavy atom. The van der Waals surface area contributed by atoms with Gasteiger partial charge in [-0.3, -0.25) is 9.97 Å². The van der Waals surface area contributed by atoms with Gasteiger partial charge in [0.15, 0.2) is 15.5 Å². The minimum atomic E-state index is -3.69. The summed E-state index contributed by atoms with van der Waals surface area (Å²) in [6.07, 6.45) is 11.1. The molecule has 2 atom stereocenters. The van der Waals surface area contributed by atoms with E-state index in [1.54, 1.807) is 6.92 Å². The predicted octanol–water partition coefficient (Wildman–Crippen LogP) is 6.14. The van der Waals surface area contributed by atoms with Crippen LogP contribution in [0.4, 0.5) is 5.69 Å². The highest BCUT2D eigenvalue weighted by molar-refractivity contribution is 7.92. The van der Waals surface area contributed by atoms with Crippen molar-refractivity contribution in [2.45, 2.75) is 76.2 Å². The van der Waals surface area contributed by atoms with Gasteiger partial charge in [-0.2, -0.15) is 0 Å². The number of anilines is 1. The molecule has 5 aromatic heterocycles. The van der Waals surface area contributed by atoms with Gasteiger partial charge in [0.1, 0.15) is 0 Å². The number of nitrogens with one attached hydrogen (secondary N) is 1. The summed E-state index contributed by atoms with van der Waals surface area (Å²) in [5, 5.41) is 12.3. The van der Waals surface area contributed by atoms with Crippen LogP contribution in [0.2, 0.25) is 0 Å². The van der Waals surface area contributed by atoms with Gasteiger partial charge in [-0.25, -0.2) is 13.4 Å². The molecule has 5 aromatic rings. The predicted molar refractivity (Wildman–Crippen MR) is 177 cm³/mol. The minimum absolute atomic E-state index is 0.0149. The lowest BCUT2D eigenvalue weighted by Crippen LogP contribution is -2.17. The second-order valence-electron chi connectivity index (χ2n) is 13.4. The van der Waals surface area contributed by atoms with Crippen LogP contribution < -0.4 is 5.32 Å². The third kappa shape index (κ3) is 5.41. The molecule has 2 aliphatic heterocycles. The Bertz CT molecular complexity index is 2080. The second-order valence-corrected chi connectivity index (χ2v) is 15.4. The van der Waals surface area contributed by atoms with Gasteiger partial charge in [0, 0.05) is 55.9 Å². The summed E-state index contributed by atoms with van der Waals surface area (Å²) in [5.41, 5.74) is 6.91. The van der Waals surface area contributed by atoms with Crippen molar-refractivity contribution >= 4 is 21.2 Å². The molecule has 1 N–H and O–H groups in total. The van der Waals surface area contributed by atoms with Crippen molar-refractivity contribution in [1.29, 1.82) is 0 Å². The zero-order valence-corrected chi connectivity index (χ0v) is 27.8. The Balaban J connectivity index is 1.31. The SMILES string of the molecule is Cc1nnc(-c2c(CCC3CCOCC3)nc3c(c2-c2cn4cccc(N[C@H]5CCc6ncccc65)c4n2)S(=O)(=O)C[C@@H]3C(C)C)o1. The van der Waals surface area contributed by atoms with E-state index in [-0.39, 0.29) is 34.4 Å². The molecule has 1 aliphatic carbocycles. The average Bonchev–Trinajstić information content (AvgIpc) is 3.85. The van der Waals surface area contributed by atoms with Crippen LogP contribution in [0.3, 0.4) is 0 Å². The number of rotatable bonds is 8. The molecule has 47 heavy (non-hydrogen) atoms. The largest absolute Gasteiger partial charge is 0.421 e. The van der Waals surface area contributed by atoms with Crippen LogP contribution in [0, 0.1) is 18.8 Å². The Kier molecular flexibility index (Phi) is 7.59. The van der Waals surface area contributed by atoms with Gasteiger partial charge < -0.3 is 18.9 Å². The van der Waals surface area contributed by atoms with Crippen molar-refractivity contribution < 1.29 is 17.6 Å². The number of hydrogen-bond acceptors (Lipinski definition) is 10. The first-order valence-electron chi connectivity index (χ1n) is 16.6. The van der Waals surface area contributed by atoms with E-state index in [2.05, 4.69) is 40.4 Å². The highest BCUT2D eigenvalue weighted by atomic mass is 32.2. The number of aryl methyl sites for hydroxylation is 3. The van der Waals surface area contributed by atoms with Gasteiger partial charge in [-0.05, 0) is 74.1 Å². The number of pyridine rings is 3. The average molecular weight is 654 g/mol. The van der Waals surface area contributed by atoms with E-state index < -0.39 is 9.84 Å². The van der Waals surface area contributed by atoms with Crippen LogP contribution in [0.25, 0.3) is 28.4 Å². The molecule has 0 amide bonds. The minimum Gasteiger partial charge on any atom is -0.421 e. The molecule has 0 radical (unpaired) electrons. The van der Waals surface area contributed by atoms with Gasteiger partial charge >= 0.3 is 0 Å². The van der Waals surface area contributed by atoms with Gasteiger partial charge in [0.25, 0.3) is 0 Å². The zero-order valence-electron chi connectivity index (χ0n) is 26.9. The molecule has 12 heteroatoms. The van der Waals surface area contributed by atoms with E-state index in [0.717, 1.165) is 62.4 Å². The summed E-state index contributed by atoms with van der Waals surface area (Å²) in [4.78, 5) is 15.1. The molecule has 0 saturated carbocycles. The summed E-state index contributed by atoms with van der Waals surface area (Å²) in [6.45, 7) is 7.39. The van der Waals surface area contributed by atoms with Crippen molar-refractivity contribution in [1.82, 2.24) is 29.5 Å². The van der Waals surface area contributed by atoms with E-state index in [1.165, 1.54) is 5.56 Å². The molecule has 0 bridgehead atoms. The molecule has 0 aromatic carbocycles. The standard InChI is InChI=1S/C35H39N7O4S/c1-20(2)24-19-47(43,44)33-30(31(35-41-40-21(3)46-35)27(38-32(24)33)9-8-22-12-16-45-17-13-22)29-18-42-15-5-7-28(34(42)39-29)37-26-11-10-25-23(26)6-4-14-36-25/h4-7,14-15,18,20,22,24,26,37H,8-13,16-17,19H2,1-3H3/t24-,26+/m1/s1. The maximum absolute atomic E-state index is 14.1. The summed E-state index contributed by atoms with van der Waals surface area (Å²) < 4.78 is 41.9. The summed E-state index contributed by atoms with van der Waals surface area (Å²) in [7, 11) is -3.69. The fourth-order valence-electron chi connectivity index (χ4n) is 7.54.